The van der Waals surface area contributed by atoms with Gasteiger partial charge in [-0.3, -0.25) is 0 Å². The predicted molar refractivity (Wildman–Crippen MR) is 59.5 cm³/mol. The van der Waals surface area contributed by atoms with Crippen LogP contribution >= 0.6 is 11.6 Å². The van der Waals surface area contributed by atoms with E-state index in [2.05, 4.69) is 27.0 Å². The van der Waals surface area contributed by atoms with Crippen molar-refractivity contribution in [2.45, 2.75) is 27.7 Å². The molecule has 0 aliphatic heterocycles. The molecule has 0 aromatic heterocycles. The highest BCUT2D eigenvalue weighted by molar-refractivity contribution is 6.31. The maximum Gasteiger partial charge on any atom is 0.0434 e. The molecule has 0 saturated heterocycles. The molecular weight excluding hydrogens is 168 g/mol. The maximum absolute atomic E-state index is 5.82. The van der Waals surface area contributed by atoms with Gasteiger partial charge in [-0.1, -0.05) is 64.6 Å². The second-order valence-electron chi connectivity index (χ2n) is 2.37. The Morgan fingerprint density at radius 1 is 1.17 bits per heavy atom. The van der Waals surface area contributed by atoms with Crippen molar-refractivity contribution >= 4 is 11.6 Å². The molecule has 0 aliphatic rings. The van der Waals surface area contributed by atoms with Crippen molar-refractivity contribution in [1.29, 1.82) is 0 Å². The second-order valence-corrected chi connectivity index (χ2v) is 2.77. The smallest absolute Gasteiger partial charge is 0.0434 e. The largest absolute Gasteiger partial charge is 0.0987 e. The molecule has 0 aliphatic carbocycles. The highest BCUT2D eigenvalue weighted by Crippen LogP contribution is 2.19. The molecule has 0 rings (SSSR count). The van der Waals surface area contributed by atoms with Crippen LogP contribution in [-0.2, 0) is 0 Å². The van der Waals surface area contributed by atoms with Crippen LogP contribution in [0.2, 0.25) is 0 Å². The average molecular weight is 187 g/mol. The van der Waals surface area contributed by atoms with Crippen LogP contribution in [0.15, 0.2) is 35.9 Å². The van der Waals surface area contributed by atoms with Gasteiger partial charge in [-0.25, -0.2) is 0 Å². The Morgan fingerprint density at radius 2 is 1.58 bits per heavy atom. The first kappa shape index (κ1) is 14.1. The second kappa shape index (κ2) is 8.61. The molecule has 0 amide bonds. The third kappa shape index (κ3) is 5.20. The van der Waals surface area contributed by atoms with Crippen LogP contribution in [-0.4, -0.2) is 0 Å². The molecule has 0 heterocycles. The van der Waals surface area contributed by atoms with Crippen molar-refractivity contribution in [2.75, 3.05) is 0 Å². The summed E-state index contributed by atoms with van der Waals surface area (Å²) in [7, 11) is 0. The van der Waals surface area contributed by atoms with Crippen molar-refractivity contribution in [3.05, 3.63) is 35.9 Å². The van der Waals surface area contributed by atoms with Gasteiger partial charge in [-0.15, -0.1) is 0 Å². The summed E-state index contributed by atoms with van der Waals surface area (Å²) in [6.07, 6.45) is 3.41. The average Bonchev–Trinajstić information content (AvgIpc) is 2.08. The lowest BCUT2D eigenvalue weighted by Gasteiger charge is -2.06. The van der Waals surface area contributed by atoms with Crippen molar-refractivity contribution in [1.82, 2.24) is 0 Å². The topological polar surface area (TPSA) is 0 Å². The molecule has 0 unspecified atom stereocenters. The van der Waals surface area contributed by atoms with E-state index in [1.54, 1.807) is 12.2 Å². The number of halogens is 1. The molecule has 12 heavy (non-hydrogen) atoms. The monoisotopic (exact) mass is 186 g/mol. The van der Waals surface area contributed by atoms with Crippen LogP contribution in [0.25, 0.3) is 0 Å². The number of hydrogen-bond donors (Lipinski definition) is 0. The molecule has 0 N–H and O–H groups in total. The Morgan fingerprint density at radius 3 is 1.67 bits per heavy atom. The summed E-state index contributed by atoms with van der Waals surface area (Å²) in [6, 6.07) is 0. The van der Waals surface area contributed by atoms with E-state index in [0.29, 0.717) is 11.0 Å². The van der Waals surface area contributed by atoms with Gasteiger partial charge < -0.3 is 0 Å². The van der Waals surface area contributed by atoms with Crippen LogP contribution in [0, 0.1) is 5.92 Å². The van der Waals surface area contributed by atoms with Gasteiger partial charge in [0.1, 0.15) is 0 Å². The van der Waals surface area contributed by atoms with Gasteiger partial charge in [0.15, 0.2) is 0 Å². The van der Waals surface area contributed by atoms with E-state index in [9.17, 15) is 0 Å². The molecule has 0 aromatic rings. The first-order valence-corrected chi connectivity index (χ1v) is 4.65. The molecule has 1 heteroatoms. The molecule has 0 nitrogen and oxygen atoms in total. The van der Waals surface area contributed by atoms with Gasteiger partial charge in [0.25, 0.3) is 0 Å². The van der Waals surface area contributed by atoms with Gasteiger partial charge in [0.2, 0.25) is 0 Å². The zero-order valence-electron chi connectivity index (χ0n) is 8.52. The molecular formula is C11H19Cl. The lowest BCUT2D eigenvalue weighted by Crippen LogP contribution is -1.91. The standard InChI is InChI=1S/C9H13Cl.C2H6/c1-5-8(7(3)4)9(10)6-2;1-2/h5-7H,1-2H2,3-4H3;1-2H3/b9-8-;. The molecule has 0 bridgehead atoms. The lowest BCUT2D eigenvalue weighted by atomic mass is 10.0. The third-order valence-corrected chi connectivity index (χ3v) is 1.67. The predicted octanol–water partition coefficient (Wildman–Crippen LogP) is 4.53. The number of hydrogen-bond acceptors (Lipinski definition) is 0. The Labute approximate surface area is 81.6 Å². The normalized spacial score (nSPS) is 11.2. The Hall–Kier alpha value is -0.490. The fourth-order valence-corrected chi connectivity index (χ4v) is 1.02. The van der Waals surface area contributed by atoms with Crippen LogP contribution < -0.4 is 0 Å². The summed E-state index contributed by atoms with van der Waals surface area (Å²) in [4.78, 5) is 0. The quantitative estimate of drug-likeness (QED) is 0.568. The molecule has 0 saturated carbocycles. The van der Waals surface area contributed by atoms with Gasteiger partial charge >= 0.3 is 0 Å². The zero-order valence-corrected chi connectivity index (χ0v) is 9.28. The molecule has 0 spiro atoms. The first-order valence-electron chi connectivity index (χ1n) is 4.28. The van der Waals surface area contributed by atoms with Crippen LogP contribution in [0.3, 0.4) is 0 Å². The van der Waals surface area contributed by atoms with Crippen molar-refractivity contribution in [3.8, 4) is 0 Å². The molecule has 0 aromatic carbocycles. The summed E-state index contributed by atoms with van der Waals surface area (Å²) in [6.45, 7) is 15.4. The van der Waals surface area contributed by atoms with E-state index >= 15 is 0 Å². The summed E-state index contributed by atoms with van der Waals surface area (Å²) in [5.41, 5.74) is 1.05. The van der Waals surface area contributed by atoms with E-state index in [4.69, 9.17) is 11.6 Å². The molecule has 0 atom stereocenters. The minimum atomic E-state index is 0.419. The van der Waals surface area contributed by atoms with E-state index in [0.717, 1.165) is 5.57 Å². The fraction of sp³-hybridized carbons (Fsp3) is 0.455. The van der Waals surface area contributed by atoms with Gasteiger partial charge in [-0.05, 0) is 11.5 Å². The summed E-state index contributed by atoms with van der Waals surface area (Å²) in [5, 5.41) is 0.699. The third-order valence-electron chi connectivity index (χ3n) is 1.30. The van der Waals surface area contributed by atoms with Gasteiger partial charge in [-0.2, -0.15) is 0 Å². The SMILES string of the molecule is C=C/C(Cl)=C(\C=C)C(C)C.CC. The van der Waals surface area contributed by atoms with Crippen molar-refractivity contribution in [3.63, 3.8) is 0 Å². The highest BCUT2D eigenvalue weighted by Gasteiger charge is 2.01. The first-order chi connectivity index (χ1) is 5.63. The van der Waals surface area contributed by atoms with E-state index in [1.807, 2.05) is 13.8 Å². The Bertz CT molecular complexity index is 164. The van der Waals surface area contributed by atoms with E-state index in [1.165, 1.54) is 0 Å². The van der Waals surface area contributed by atoms with Gasteiger partial charge in [0.05, 0.1) is 0 Å². The summed E-state index contributed by atoms with van der Waals surface area (Å²) >= 11 is 5.82. The minimum absolute atomic E-state index is 0.419. The van der Waals surface area contributed by atoms with Gasteiger partial charge in [0, 0.05) is 5.03 Å². The van der Waals surface area contributed by atoms with Crippen molar-refractivity contribution in [2.24, 2.45) is 5.92 Å². The Kier molecular flexibility index (Phi) is 10.1. The number of allylic oxidation sites excluding steroid dienone is 4. The molecule has 0 radical (unpaired) electrons. The zero-order chi connectivity index (χ0) is 10.1. The molecule has 70 valence electrons. The summed E-state index contributed by atoms with van der Waals surface area (Å²) in [5.74, 6) is 0.419. The number of rotatable bonds is 3. The summed E-state index contributed by atoms with van der Waals surface area (Å²) < 4.78 is 0. The maximum atomic E-state index is 5.82. The lowest BCUT2D eigenvalue weighted by molar-refractivity contribution is 0.790. The van der Waals surface area contributed by atoms with Crippen LogP contribution in [0.1, 0.15) is 27.7 Å². The molecule has 0 fully saturated rings. The van der Waals surface area contributed by atoms with Crippen molar-refractivity contribution < 1.29 is 0 Å². The van der Waals surface area contributed by atoms with Crippen LogP contribution in [0.4, 0.5) is 0 Å². The fourth-order valence-electron chi connectivity index (χ4n) is 0.727. The minimum Gasteiger partial charge on any atom is -0.0987 e. The Balaban J connectivity index is 0. The van der Waals surface area contributed by atoms with Crippen LogP contribution in [0.5, 0.6) is 0 Å². The van der Waals surface area contributed by atoms with E-state index < -0.39 is 0 Å². The highest BCUT2D eigenvalue weighted by atomic mass is 35.5. The van der Waals surface area contributed by atoms with E-state index in [-0.39, 0.29) is 0 Å².